The minimum Gasteiger partial charge on any atom is -0.477 e. The Balaban J connectivity index is 1.87. The van der Waals surface area contributed by atoms with Gasteiger partial charge in [-0.1, -0.05) is 29.8 Å². The van der Waals surface area contributed by atoms with E-state index >= 15 is 0 Å². The minimum atomic E-state index is -3.68. The van der Waals surface area contributed by atoms with Gasteiger partial charge in [-0.2, -0.15) is 0 Å². The highest BCUT2D eigenvalue weighted by atomic mass is 32.2. The van der Waals surface area contributed by atoms with Gasteiger partial charge < -0.3 is 4.74 Å². The van der Waals surface area contributed by atoms with Crippen LogP contribution < -0.4 is 9.46 Å². The van der Waals surface area contributed by atoms with E-state index in [2.05, 4.69) is 14.9 Å². The number of hydrogen-bond acceptors (Lipinski definition) is 5. The van der Waals surface area contributed by atoms with E-state index in [9.17, 15) is 8.42 Å². The smallest absolute Gasteiger partial charge is 0.262 e. The van der Waals surface area contributed by atoms with E-state index in [1.807, 2.05) is 26.0 Å². The number of nitrogens with zero attached hydrogens (tertiary/aromatic N) is 2. The van der Waals surface area contributed by atoms with Gasteiger partial charge in [0.1, 0.15) is 0 Å². The molecular weight excluding hydrogens is 362 g/mol. The van der Waals surface area contributed by atoms with E-state index in [4.69, 9.17) is 4.74 Å². The monoisotopic (exact) mass is 383 g/mol. The third-order valence-corrected chi connectivity index (χ3v) is 5.50. The molecule has 3 aromatic rings. The third kappa shape index (κ3) is 4.43. The highest BCUT2D eigenvalue weighted by Gasteiger charge is 2.17. The lowest BCUT2D eigenvalue weighted by molar-refractivity contribution is 0.323. The predicted octanol–water partition coefficient (Wildman–Crippen LogP) is 3.96. The molecule has 0 bridgehead atoms. The summed E-state index contributed by atoms with van der Waals surface area (Å²) in [5.74, 6) is 0.452. The Morgan fingerprint density at radius 2 is 1.81 bits per heavy atom. The molecule has 0 aliphatic carbocycles. The number of aryl methyl sites for hydroxylation is 2. The standard InChI is InChI=1S/C20H21N3O3S/c1-4-26-20-11-9-18(21-22-20)16-6-5-7-17(13-16)23-27(24,25)19-10-8-14(2)12-15(19)3/h5-13,23H,4H2,1-3H3. The summed E-state index contributed by atoms with van der Waals surface area (Å²) in [5.41, 5.74) is 3.57. The quantitative estimate of drug-likeness (QED) is 0.697. The van der Waals surface area contributed by atoms with Crippen molar-refractivity contribution < 1.29 is 13.2 Å². The zero-order valence-electron chi connectivity index (χ0n) is 15.4. The summed E-state index contributed by atoms with van der Waals surface area (Å²) in [6.45, 7) is 6.11. The molecule has 3 rings (SSSR count). The summed E-state index contributed by atoms with van der Waals surface area (Å²) in [6, 6.07) is 15.8. The molecule has 27 heavy (non-hydrogen) atoms. The molecule has 1 heterocycles. The zero-order valence-corrected chi connectivity index (χ0v) is 16.2. The Morgan fingerprint density at radius 1 is 1.00 bits per heavy atom. The Labute approximate surface area is 159 Å². The normalized spacial score (nSPS) is 11.2. The first-order chi connectivity index (χ1) is 12.9. The van der Waals surface area contributed by atoms with E-state index in [0.717, 1.165) is 11.1 Å². The van der Waals surface area contributed by atoms with E-state index in [1.54, 1.807) is 49.4 Å². The van der Waals surface area contributed by atoms with Crippen LogP contribution in [0.1, 0.15) is 18.1 Å². The summed E-state index contributed by atoms with van der Waals surface area (Å²) >= 11 is 0. The van der Waals surface area contributed by atoms with Gasteiger partial charge in [0.25, 0.3) is 10.0 Å². The first kappa shape index (κ1) is 18.8. The molecule has 0 aliphatic rings. The van der Waals surface area contributed by atoms with Gasteiger partial charge in [-0.15, -0.1) is 10.2 Å². The average molecular weight is 383 g/mol. The van der Waals surface area contributed by atoms with Crippen molar-refractivity contribution in [2.75, 3.05) is 11.3 Å². The summed E-state index contributed by atoms with van der Waals surface area (Å²) in [6.07, 6.45) is 0. The van der Waals surface area contributed by atoms with Crippen LogP contribution in [0.2, 0.25) is 0 Å². The Morgan fingerprint density at radius 3 is 2.48 bits per heavy atom. The van der Waals surface area contributed by atoms with Gasteiger partial charge >= 0.3 is 0 Å². The molecule has 1 aromatic heterocycles. The second-order valence-electron chi connectivity index (χ2n) is 6.15. The fourth-order valence-electron chi connectivity index (χ4n) is 2.75. The Hall–Kier alpha value is -2.93. The lowest BCUT2D eigenvalue weighted by Gasteiger charge is -2.12. The minimum absolute atomic E-state index is 0.263. The van der Waals surface area contributed by atoms with Crippen molar-refractivity contribution in [2.24, 2.45) is 0 Å². The van der Waals surface area contributed by atoms with E-state index in [0.29, 0.717) is 29.4 Å². The van der Waals surface area contributed by atoms with Gasteiger partial charge in [-0.25, -0.2) is 8.42 Å². The fourth-order valence-corrected chi connectivity index (χ4v) is 4.03. The number of rotatable bonds is 6. The highest BCUT2D eigenvalue weighted by molar-refractivity contribution is 7.92. The first-order valence-electron chi connectivity index (χ1n) is 8.56. The van der Waals surface area contributed by atoms with Gasteiger partial charge in [0, 0.05) is 17.3 Å². The van der Waals surface area contributed by atoms with Gasteiger partial charge in [-0.3, -0.25) is 4.72 Å². The second kappa shape index (κ2) is 7.75. The van der Waals surface area contributed by atoms with Crippen LogP contribution in [0.3, 0.4) is 0 Å². The second-order valence-corrected chi connectivity index (χ2v) is 7.80. The fraction of sp³-hybridized carbons (Fsp3) is 0.200. The van der Waals surface area contributed by atoms with Crippen LogP contribution in [0, 0.1) is 13.8 Å². The number of hydrogen-bond donors (Lipinski definition) is 1. The maximum Gasteiger partial charge on any atom is 0.262 e. The number of ether oxygens (including phenoxy) is 1. The first-order valence-corrected chi connectivity index (χ1v) is 10.0. The van der Waals surface area contributed by atoms with Crippen LogP contribution in [0.15, 0.2) is 59.5 Å². The highest BCUT2D eigenvalue weighted by Crippen LogP contribution is 2.24. The number of nitrogens with one attached hydrogen (secondary N) is 1. The van der Waals surface area contributed by atoms with Crippen LogP contribution in [-0.2, 0) is 10.0 Å². The lowest BCUT2D eigenvalue weighted by atomic mass is 10.1. The molecule has 0 radical (unpaired) electrons. The molecule has 1 N–H and O–H groups in total. The third-order valence-electron chi connectivity index (χ3n) is 3.96. The predicted molar refractivity (Wildman–Crippen MR) is 105 cm³/mol. The topological polar surface area (TPSA) is 81.2 Å². The molecule has 0 amide bonds. The maximum atomic E-state index is 12.7. The molecule has 2 aromatic carbocycles. The van der Waals surface area contributed by atoms with Crippen molar-refractivity contribution in [3.8, 4) is 17.1 Å². The van der Waals surface area contributed by atoms with Crippen LogP contribution in [0.25, 0.3) is 11.3 Å². The van der Waals surface area contributed by atoms with E-state index < -0.39 is 10.0 Å². The van der Waals surface area contributed by atoms with E-state index in [-0.39, 0.29) is 4.90 Å². The Bertz CT molecular complexity index is 1050. The molecular formula is C20H21N3O3S. The maximum absolute atomic E-state index is 12.7. The number of sulfonamides is 1. The summed E-state index contributed by atoms with van der Waals surface area (Å²) in [4.78, 5) is 0.263. The van der Waals surface area contributed by atoms with Crippen molar-refractivity contribution in [1.29, 1.82) is 0 Å². The van der Waals surface area contributed by atoms with E-state index in [1.165, 1.54) is 0 Å². The number of aromatic nitrogens is 2. The van der Waals surface area contributed by atoms with Crippen LogP contribution >= 0.6 is 0 Å². The van der Waals surface area contributed by atoms with Crippen LogP contribution in [0.5, 0.6) is 5.88 Å². The summed E-state index contributed by atoms with van der Waals surface area (Å²) in [7, 11) is -3.68. The summed E-state index contributed by atoms with van der Waals surface area (Å²) < 4.78 is 33.4. The molecule has 0 aliphatic heterocycles. The van der Waals surface area contributed by atoms with Gasteiger partial charge in [0.2, 0.25) is 5.88 Å². The molecule has 0 saturated carbocycles. The van der Waals surface area contributed by atoms with Gasteiger partial charge in [0.15, 0.2) is 0 Å². The molecule has 0 atom stereocenters. The van der Waals surface area contributed by atoms with Crippen molar-refractivity contribution >= 4 is 15.7 Å². The molecule has 7 heteroatoms. The zero-order chi connectivity index (χ0) is 19.4. The largest absolute Gasteiger partial charge is 0.477 e. The van der Waals surface area contributed by atoms with Crippen molar-refractivity contribution in [2.45, 2.75) is 25.7 Å². The van der Waals surface area contributed by atoms with Crippen LogP contribution in [-0.4, -0.2) is 25.2 Å². The molecule has 0 spiro atoms. The lowest BCUT2D eigenvalue weighted by Crippen LogP contribution is -2.14. The van der Waals surface area contributed by atoms with Gasteiger partial charge in [0.05, 0.1) is 17.2 Å². The molecule has 6 nitrogen and oxygen atoms in total. The van der Waals surface area contributed by atoms with Crippen molar-refractivity contribution in [3.05, 3.63) is 65.7 Å². The molecule has 0 fully saturated rings. The van der Waals surface area contributed by atoms with Crippen LogP contribution in [0.4, 0.5) is 5.69 Å². The number of benzene rings is 2. The molecule has 140 valence electrons. The molecule has 0 unspecified atom stereocenters. The summed E-state index contributed by atoms with van der Waals surface area (Å²) in [5, 5.41) is 8.14. The number of anilines is 1. The van der Waals surface area contributed by atoms with Crippen molar-refractivity contribution in [3.63, 3.8) is 0 Å². The average Bonchev–Trinajstić information content (AvgIpc) is 2.62. The Kier molecular flexibility index (Phi) is 5.41. The SMILES string of the molecule is CCOc1ccc(-c2cccc(NS(=O)(=O)c3ccc(C)cc3C)c2)nn1. The molecule has 0 saturated heterocycles. The van der Waals surface area contributed by atoms with Crippen molar-refractivity contribution in [1.82, 2.24) is 10.2 Å². The van der Waals surface area contributed by atoms with Gasteiger partial charge in [-0.05, 0) is 50.6 Å².